The molecule has 1 N–H and O–H groups in total. The number of carbonyl (C=O) groups excluding carboxylic acids is 2. The van der Waals surface area contributed by atoms with Gasteiger partial charge in [0.25, 0.3) is 0 Å². The first-order chi connectivity index (χ1) is 14.2. The highest BCUT2D eigenvalue weighted by Crippen LogP contribution is 2.30. The molecule has 11 heteroatoms. The second-order valence-electron chi connectivity index (χ2n) is 7.68. The molecule has 0 radical (unpaired) electrons. The van der Waals surface area contributed by atoms with Gasteiger partial charge in [-0.3, -0.25) is 4.79 Å². The zero-order valence-corrected chi connectivity index (χ0v) is 16.0. The van der Waals surface area contributed by atoms with Crippen LogP contribution in [0.4, 0.5) is 22.4 Å². The number of piperidine rings is 1. The molecule has 0 spiro atoms. The topological polar surface area (TPSA) is 71.1 Å². The first kappa shape index (κ1) is 20.9. The lowest BCUT2D eigenvalue weighted by atomic mass is 10.0. The number of rotatable bonds is 3. The van der Waals surface area contributed by atoms with Crippen LogP contribution in [0.15, 0.2) is 18.2 Å². The van der Waals surface area contributed by atoms with E-state index in [1.54, 1.807) is 9.80 Å². The molecule has 3 fully saturated rings. The number of hydrogen-bond donors (Lipinski definition) is 1. The van der Waals surface area contributed by atoms with Crippen LogP contribution in [0, 0.1) is 5.82 Å². The van der Waals surface area contributed by atoms with E-state index in [1.165, 1.54) is 0 Å². The van der Waals surface area contributed by atoms with E-state index in [0.717, 1.165) is 12.1 Å². The molecule has 3 amide bonds. The van der Waals surface area contributed by atoms with E-state index in [4.69, 9.17) is 9.47 Å². The van der Waals surface area contributed by atoms with Crippen molar-refractivity contribution in [3.05, 3.63) is 35.1 Å². The smallest absolute Gasteiger partial charge is 0.370 e. The summed E-state index contributed by atoms with van der Waals surface area (Å²) in [7, 11) is 0. The SMILES string of the molecule is O=C1COC2CCN(C(=O)N3CC(OCc4ccc(C(F)(F)F)cc4F)C3)C[C@H]2N1. The Bertz CT molecular complexity index is 828. The average Bonchev–Trinajstić information content (AvgIpc) is 2.66. The average molecular weight is 431 g/mol. The van der Waals surface area contributed by atoms with Gasteiger partial charge in [0.2, 0.25) is 5.91 Å². The van der Waals surface area contributed by atoms with E-state index in [2.05, 4.69) is 5.32 Å². The molecule has 1 unspecified atom stereocenters. The van der Waals surface area contributed by atoms with Crippen molar-refractivity contribution in [3.63, 3.8) is 0 Å². The molecule has 164 valence electrons. The Morgan fingerprint density at radius 3 is 2.70 bits per heavy atom. The van der Waals surface area contributed by atoms with Crippen molar-refractivity contribution in [3.8, 4) is 0 Å². The number of carbonyl (C=O) groups is 2. The maximum Gasteiger partial charge on any atom is 0.416 e. The van der Waals surface area contributed by atoms with Gasteiger partial charge in [-0.1, -0.05) is 6.07 Å². The number of hydrogen-bond acceptors (Lipinski definition) is 4. The van der Waals surface area contributed by atoms with Crippen molar-refractivity contribution in [2.45, 2.75) is 37.5 Å². The Kier molecular flexibility index (Phi) is 5.58. The Morgan fingerprint density at radius 2 is 2.00 bits per heavy atom. The third-order valence-electron chi connectivity index (χ3n) is 5.57. The number of morpholine rings is 1. The van der Waals surface area contributed by atoms with Crippen molar-refractivity contribution in [2.24, 2.45) is 0 Å². The summed E-state index contributed by atoms with van der Waals surface area (Å²) >= 11 is 0. The van der Waals surface area contributed by atoms with Crippen LogP contribution in [0.25, 0.3) is 0 Å². The third kappa shape index (κ3) is 4.36. The van der Waals surface area contributed by atoms with Crippen molar-refractivity contribution >= 4 is 11.9 Å². The lowest BCUT2D eigenvalue weighted by Crippen LogP contribution is -2.65. The number of halogens is 4. The third-order valence-corrected chi connectivity index (χ3v) is 5.57. The standard InChI is InChI=1S/C19H21F4N3O4/c20-14-5-12(19(21,22)23)2-1-11(14)9-29-13-6-26(7-13)18(28)25-4-3-16-15(8-25)24-17(27)10-30-16/h1-2,5,13,15-16H,3-4,6-10H2,(H,24,27)/t15-,16?/m1/s1. The van der Waals surface area contributed by atoms with Crippen LogP contribution < -0.4 is 5.32 Å². The highest BCUT2D eigenvalue weighted by molar-refractivity contribution is 5.79. The van der Waals surface area contributed by atoms with Crippen LogP contribution in [0.1, 0.15) is 17.5 Å². The Hall–Kier alpha value is -2.40. The predicted octanol–water partition coefficient (Wildman–Crippen LogP) is 1.75. The maximum absolute atomic E-state index is 13.9. The van der Waals surface area contributed by atoms with Crippen LogP contribution in [0.5, 0.6) is 0 Å². The van der Waals surface area contributed by atoms with E-state index < -0.39 is 17.6 Å². The molecule has 1 aromatic carbocycles. The minimum Gasteiger partial charge on any atom is -0.370 e. The molecule has 0 bridgehead atoms. The van der Waals surface area contributed by atoms with Crippen LogP contribution in [0.2, 0.25) is 0 Å². The molecule has 7 nitrogen and oxygen atoms in total. The summed E-state index contributed by atoms with van der Waals surface area (Å²) in [6.45, 7) is 1.39. The predicted molar refractivity (Wildman–Crippen MR) is 94.8 cm³/mol. The van der Waals surface area contributed by atoms with Gasteiger partial charge in [-0.15, -0.1) is 0 Å². The van der Waals surface area contributed by atoms with Gasteiger partial charge in [0, 0.05) is 18.7 Å². The number of nitrogens with one attached hydrogen (secondary N) is 1. The lowest BCUT2D eigenvalue weighted by Gasteiger charge is -2.45. The Labute approximate surface area is 169 Å². The summed E-state index contributed by atoms with van der Waals surface area (Å²) in [4.78, 5) is 27.3. The van der Waals surface area contributed by atoms with E-state index in [1.807, 2.05) is 0 Å². The van der Waals surface area contributed by atoms with E-state index >= 15 is 0 Å². The number of urea groups is 1. The van der Waals surface area contributed by atoms with Gasteiger partial charge in [0.05, 0.1) is 43.5 Å². The number of fused-ring (bicyclic) bond motifs is 1. The van der Waals surface area contributed by atoms with Gasteiger partial charge in [-0.05, 0) is 18.6 Å². The van der Waals surface area contributed by atoms with E-state index in [-0.39, 0.29) is 49.0 Å². The van der Waals surface area contributed by atoms with E-state index in [9.17, 15) is 27.2 Å². The molecule has 3 aliphatic heterocycles. The molecule has 30 heavy (non-hydrogen) atoms. The maximum atomic E-state index is 13.9. The number of nitrogens with zero attached hydrogens (tertiary/aromatic N) is 2. The second-order valence-corrected chi connectivity index (χ2v) is 7.68. The molecule has 2 atom stereocenters. The largest absolute Gasteiger partial charge is 0.416 e. The number of ether oxygens (including phenoxy) is 2. The van der Waals surface area contributed by atoms with Gasteiger partial charge >= 0.3 is 12.2 Å². The van der Waals surface area contributed by atoms with Crippen LogP contribution in [-0.2, 0) is 27.1 Å². The molecular weight excluding hydrogens is 410 g/mol. The molecule has 3 heterocycles. The van der Waals surface area contributed by atoms with Crippen molar-refractivity contribution in [1.29, 1.82) is 0 Å². The fraction of sp³-hybridized carbons (Fsp3) is 0.579. The summed E-state index contributed by atoms with van der Waals surface area (Å²) in [5.41, 5.74) is -1.02. The first-order valence-corrected chi connectivity index (χ1v) is 9.63. The summed E-state index contributed by atoms with van der Waals surface area (Å²) < 4.78 is 62.7. The molecule has 1 aromatic rings. The Balaban J connectivity index is 1.23. The molecule has 0 aromatic heterocycles. The van der Waals surface area contributed by atoms with Gasteiger partial charge < -0.3 is 24.6 Å². The van der Waals surface area contributed by atoms with Gasteiger partial charge in [0.15, 0.2) is 0 Å². The minimum atomic E-state index is -4.60. The molecule has 4 rings (SSSR count). The fourth-order valence-corrected chi connectivity index (χ4v) is 3.82. The van der Waals surface area contributed by atoms with E-state index in [0.29, 0.717) is 38.7 Å². The molecule has 0 aliphatic carbocycles. The van der Waals surface area contributed by atoms with Crippen molar-refractivity contribution in [2.75, 3.05) is 32.8 Å². The molecular formula is C19H21F4N3O4. The highest BCUT2D eigenvalue weighted by atomic mass is 19.4. The van der Waals surface area contributed by atoms with Crippen LogP contribution in [-0.4, -0.2) is 72.8 Å². The fourth-order valence-electron chi connectivity index (χ4n) is 3.82. The molecule has 3 aliphatic rings. The zero-order valence-electron chi connectivity index (χ0n) is 16.0. The van der Waals surface area contributed by atoms with Crippen molar-refractivity contribution in [1.82, 2.24) is 15.1 Å². The van der Waals surface area contributed by atoms with Gasteiger partial charge in [-0.25, -0.2) is 9.18 Å². The first-order valence-electron chi connectivity index (χ1n) is 9.63. The normalized spacial score (nSPS) is 24.9. The van der Waals surface area contributed by atoms with Crippen molar-refractivity contribution < 1.29 is 36.6 Å². The number of likely N-dealkylation sites (tertiary alicyclic amines) is 2. The highest BCUT2D eigenvalue weighted by Gasteiger charge is 2.40. The Morgan fingerprint density at radius 1 is 1.23 bits per heavy atom. The summed E-state index contributed by atoms with van der Waals surface area (Å²) in [6.07, 6.45) is -4.36. The minimum absolute atomic E-state index is 0.0305. The number of alkyl halides is 3. The monoisotopic (exact) mass is 431 g/mol. The zero-order chi connectivity index (χ0) is 21.5. The molecule has 3 saturated heterocycles. The van der Waals surface area contributed by atoms with Crippen LogP contribution in [0.3, 0.4) is 0 Å². The summed E-state index contributed by atoms with van der Waals surface area (Å²) in [5.74, 6) is -1.17. The quantitative estimate of drug-likeness (QED) is 0.741. The van der Waals surface area contributed by atoms with Gasteiger partial charge in [0.1, 0.15) is 12.4 Å². The van der Waals surface area contributed by atoms with Gasteiger partial charge in [-0.2, -0.15) is 13.2 Å². The number of benzene rings is 1. The lowest BCUT2D eigenvalue weighted by molar-refractivity contribution is -0.140. The number of amides is 3. The summed E-state index contributed by atoms with van der Waals surface area (Å²) in [6, 6.07) is 1.93. The molecule has 0 saturated carbocycles. The second kappa shape index (κ2) is 8.03. The summed E-state index contributed by atoms with van der Waals surface area (Å²) in [5, 5.41) is 2.84. The van der Waals surface area contributed by atoms with Crippen LogP contribution >= 0.6 is 0 Å².